The summed E-state index contributed by atoms with van der Waals surface area (Å²) in [4.78, 5) is 0. The van der Waals surface area contributed by atoms with Crippen molar-refractivity contribution < 1.29 is 0 Å². The van der Waals surface area contributed by atoms with Crippen LogP contribution in [0.2, 0.25) is 12.1 Å². The molecule has 0 amide bonds. The van der Waals surface area contributed by atoms with Crippen LogP contribution in [0, 0.1) is 3.57 Å². The number of allylic oxidation sites excluding steroid dienone is 2. The Labute approximate surface area is 136 Å². The quantitative estimate of drug-likeness (QED) is 0.394. The fourth-order valence-electron chi connectivity index (χ4n) is 2.74. The van der Waals surface area contributed by atoms with Crippen molar-refractivity contribution >= 4 is 41.0 Å². The Kier molecular flexibility index (Phi) is 5.37. The maximum atomic E-state index is 4.00. The molecule has 0 unspecified atom stereocenters. The molecule has 102 valence electrons. The van der Waals surface area contributed by atoms with Crippen molar-refractivity contribution in [2.24, 2.45) is 0 Å². The minimum Gasteiger partial charge on any atom is -0.103 e. The van der Waals surface area contributed by atoms with Crippen molar-refractivity contribution in [3.05, 3.63) is 83.5 Å². The van der Waals surface area contributed by atoms with E-state index < -0.39 is 8.07 Å². The number of hydrogen-bond acceptors (Lipinski definition) is 0. The third-order valence-corrected chi connectivity index (χ3v) is 9.28. The molecule has 0 aromatic heterocycles. The average Bonchev–Trinajstić information content (AvgIpc) is 2.48. The van der Waals surface area contributed by atoms with Gasteiger partial charge in [0.1, 0.15) is 8.07 Å². The van der Waals surface area contributed by atoms with E-state index in [1.54, 1.807) is 0 Å². The molecule has 0 atom stereocenters. The number of halogens is 1. The first-order valence-corrected chi connectivity index (χ1v) is 10.3. The van der Waals surface area contributed by atoms with Crippen LogP contribution < -0.4 is 10.4 Å². The van der Waals surface area contributed by atoms with Gasteiger partial charge in [-0.1, -0.05) is 65.0 Å². The molecule has 0 aliphatic heterocycles. The average molecular weight is 390 g/mol. The molecule has 0 radical (unpaired) electrons. The summed E-state index contributed by atoms with van der Waals surface area (Å²) in [5.41, 5.74) is 0. The third-order valence-electron chi connectivity index (χ3n) is 3.71. The maximum absolute atomic E-state index is 4.00. The fraction of sp³-hybridized carbons (Fsp3) is 0.111. The van der Waals surface area contributed by atoms with E-state index in [4.69, 9.17) is 0 Å². The van der Waals surface area contributed by atoms with E-state index in [2.05, 4.69) is 102 Å². The minimum atomic E-state index is -1.81. The first-order chi connectivity index (χ1) is 9.73. The molecule has 2 rings (SSSR count). The number of hydrogen-bond donors (Lipinski definition) is 0. The highest BCUT2D eigenvalue weighted by atomic mass is 127. The van der Waals surface area contributed by atoms with Crippen LogP contribution in [0.1, 0.15) is 0 Å². The van der Waals surface area contributed by atoms with Crippen LogP contribution in [0.4, 0.5) is 0 Å². The van der Waals surface area contributed by atoms with Crippen LogP contribution in [0.5, 0.6) is 0 Å². The van der Waals surface area contributed by atoms with Gasteiger partial charge in [-0.05, 0) is 46.8 Å². The summed E-state index contributed by atoms with van der Waals surface area (Å²) in [5, 5.41) is 2.92. The highest BCUT2D eigenvalue weighted by molar-refractivity contribution is 14.1. The molecule has 0 aliphatic carbocycles. The van der Waals surface area contributed by atoms with Gasteiger partial charge < -0.3 is 0 Å². The van der Waals surface area contributed by atoms with Gasteiger partial charge in [0.15, 0.2) is 0 Å². The van der Waals surface area contributed by atoms with E-state index in [-0.39, 0.29) is 0 Å². The lowest BCUT2D eigenvalue weighted by Crippen LogP contribution is -2.57. The van der Waals surface area contributed by atoms with Crippen molar-refractivity contribution in [2.45, 2.75) is 12.1 Å². The van der Waals surface area contributed by atoms with Gasteiger partial charge in [-0.25, -0.2) is 0 Å². The zero-order chi connectivity index (χ0) is 14.4. The Morgan fingerprint density at radius 1 is 0.800 bits per heavy atom. The molecule has 2 aromatic carbocycles. The lowest BCUT2D eigenvalue weighted by atomic mass is 10.4. The molecule has 0 aliphatic rings. The van der Waals surface area contributed by atoms with Crippen molar-refractivity contribution in [3.63, 3.8) is 0 Å². The zero-order valence-electron chi connectivity index (χ0n) is 11.6. The molecule has 0 saturated heterocycles. The van der Waals surface area contributed by atoms with E-state index in [0.29, 0.717) is 0 Å². The smallest absolute Gasteiger partial charge is 0.103 e. The Morgan fingerprint density at radius 2 is 1.30 bits per heavy atom. The molecule has 2 heteroatoms. The van der Waals surface area contributed by atoms with Gasteiger partial charge in [-0.3, -0.25) is 0 Å². The van der Waals surface area contributed by atoms with Gasteiger partial charge in [-0.2, -0.15) is 0 Å². The predicted octanol–water partition coefficient (Wildman–Crippen LogP) is 4.23. The first-order valence-electron chi connectivity index (χ1n) is 6.76. The summed E-state index contributed by atoms with van der Waals surface area (Å²) in [5.74, 6) is 0. The van der Waals surface area contributed by atoms with Crippen LogP contribution in [-0.2, 0) is 0 Å². The maximum Gasteiger partial charge on any atom is 0.125 e. The number of rotatable bonds is 6. The summed E-state index contributed by atoms with van der Waals surface area (Å²) >= 11 is 2.36. The minimum absolute atomic E-state index is 1.05. The molecule has 2 aromatic rings. The zero-order valence-corrected chi connectivity index (χ0v) is 14.7. The molecule has 0 fully saturated rings. The Bertz CT molecular complexity index is 562. The molecule has 0 saturated carbocycles. The molecule has 0 nitrogen and oxygen atoms in total. The predicted molar refractivity (Wildman–Crippen MR) is 101 cm³/mol. The third kappa shape index (κ3) is 3.12. The first kappa shape index (κ1) is 15.3. The van der Waals surface area contributed by atoms with E-state index in [9.17, 15) is 0 Å². The second kappa shape index (κ2) is 7.04. The Balaban J connectivity index is 2.60. The van der Waals surface area contributed by atoms with Gasteiger partial charge in [0.05, 0.1) is 0 Å². The van der Waals surface area contributed by atoms with E-state index >= 15 is 0 Å². The number of benzene rings is 2. The Morgan fingerprint density at radius 3 is 1.80 bits per heavy atom. The lowest BCUT2D eigenvalue weighted by molar-refractivity contribution is 1.47. The van der Waals surface area contributed by atoms with Crippen LogP contribution in [0.25, 0.3) is 0 Å². The lowest BCUT2D eigenvalue weighted by Gasteiger charge is -2.31. The normalized spacial score (nSPS) is 11.1. The monoisotopic (exact) mass is 390 g/mol. The van der Waals surface area contributed by atoms with Gasteiger partial charge in [-0.15, -0.1) is 13.2 Å². The fourth-order valence-corrected chi connectivity index (χ4v) is 7.16. The SMILES string of the molecule is C=CC[Si](CC=C)(c1ccccc1)c1ccc(I)cc1. The van der Waals surface area contributed by atoms with E-state index in [0.717, 1.165) is 12.1 Å². The molecular weight excluding hydrogens is 371 g/mol. The summed E-state index contributed by atoms with van der Waals surface area (Å²) in [6.45, 7) is 7.99. The summed E-state index contributed by atoms with van der Waals surface area (Å²) in [6.07, 6.45) is 4.14. The van der Waals surface area contributed by atoms with Crippen LogP contribution in [0.3, 0.4) is 0 Å². The van der Waals surface area contributed by atoms with E-state index in [1.807, 2.05) is 0 Å². The second-order valence-electron chi connectivity index (χ2n) is 4.94. The van der Waals surface area contributed by atoms with Gasteiger partial charge in [0.2, 0.25) is 0 Å². The van der Waals surface area contributed by atoms with E-state index in [1.165, 1.54) is 13.9 Å². The molecular formula is C18H19ISi. The van der Waals surface area contributed by atoms with Crippen molar-refractivity contribution in [1.82, 2.24) is 0 Å². The standard InChI is InChI=1S/C18H19ISi/c1-3-14-20(15-4-2,17-8-6-5-7-9-17)18-12-10-16(19)11-13-18/h3-13H,1-2,14-15H2. The van der Waals surface area contributed by atoms with Crippen molar-refractivity contribution in [1.29, 1.82) is 0 Å². The summed E-state index contributed by atoms with van der Waals surface area (Å²) in [7, 11) is -1.81. The topological polar surface area (TPSA) is 0 Å². The van der Waals surface area contributed by atoms with Crippen molar-refractivity contribution in [2.75, 3.05) is 0 Å². The molecule has 20 heavy (non-hydrogen) atoms. The van der Waals surface area contributed by atoms with Gasteiger partial charge >= 0.3 is 0 Å². The molecule has 0 heterocycles. The van der Waals surface area contributed by atoms with Crippen LogP contribution in [-0.4, -0.2) is 8.07 Å². The van der Waals surface area contributed by atoms with Crippen LogP contribution >= 0.6 is 22.6 Å². The molecule has 0 N–H and O–H groups in total. The Hall–Kier alpha value is -1.13. The summed E-state index contributed by atoms with van der Waals surface area (Å²) < 4.78 is 1.28. The largest absolute Gasteiger partial charge is 0.125 e. The molecule has 0 bridgehead atoms. The highest BCUT2D eigenvalue weighted by Crippen LogP contribution is 2.18. The summed E-state index contributed by atoms with van der Waals surface area (Å²) in [6, 6.07) is 21.9. The second-order valence-corrected chi connectivity index (χ2v) is 10.3. The highest BCUT2D eigenvalue weighted by Gasteiger charge is 2.34. The van der Waals surface area contributed by atoms with Gasteiger partial charge in [0, 0.05) is 3.57 Å². The molecule has 0 spiro atoms. The van der Waals surface area contributed by atoms with Crippen LogP contribution in [0.15, 0.2) is 79.9 Å². The van der Waals surface area contributed by atoms with Gasteiger partial charge in [0.25, 0.3) is 0 Å². The van der Waals surface area contributed by atoms with Crippen molar-refractivity contribution in [3.8, 4) is 0 Å².